The Kier molecular flexibility index (Phi) is 9.43. The quantitative estimate of drug-likeness (QED) is 0.167. The number of esters is 1. The summed E-state index contributed by atoms with van der Waals surface area (Å²) in [5.74, 6) is -0.0841. The topological polar surface area (TPSA) is 109 Å². The summed E-state index contributed by atoms with van der Waals surface area (Å²) in [6.07, 6.45) is 0.155. The molecule has 2 amide bonds. The second-order valence-electron chi connectivity index (χ2n) is 10.6. The lowest BCUT2D eigenvalue weighted by molar-refractivity contribution is -0.153. The molecular formula is C36H29N3O5S2. The van der Waals surface area contributed by atoms with Crippen LogP contribution in [0.3, 0.4) is 0 Å². The van der Waals surface area contributed by atoms with Crippen LogP contribution < -0.4 is 10.1 Å². The van der Waals surface area contributed by atoms with Crippen LogP contribution >= 0.6 is 23.5 Å². The van der Waals surface area contributed by atoms with Crippen LogP contribution in [-0.4, -0.2) is 47.0 Å². The Morgan fingerprint density at radius 3 is 2.39 bits per heavy atom. The van der Waals surface area contributed by atoms with E-state index in [1.165, 1.54) is 28.4 Å². The highest BCUT2D eigenvalue weighted by Gasteiger charge is 2.54. The molecule has 0 saturated carbocycles. The first-order valence-corrected chi connectivity index (χ1v) is 16.4. The fourth-order valence-corrected chi connectivity index (χ4v) is 7.88. The SMILES string of the molecule is COc1ccc(COC(=O)C2=C(Sc3ccccc3-c3ccc(C#N)cc3)CS[C@@H]3[C@H](NC(=O)Cc4ccccc4)C(=O)N23)cc1. The first-order chi connectivity index (χ1) is 22.4. The first kappa shape index (κ1) is 31.0. The van der Waals surface area contributed by atoms with Gasteiger partial charge in [-0.05, 0) is 52.6 Å². The molecule has 8 nitrogen and oxygen atoms in total. The Balaban J connectivity index is 1.27. The minimum atomic E-state index is -0.747. The molecule has 46 heavy (non-hydrogen) atoms. The molecule has 0 aliphatic carbocycles. The van der Waals surface area contributed by atoms with Crippen molar-refractivity contribution in [3.63, 3.8) is 0 Å². The molecule has 10 heteroatoms. The maximum atomic E-state index is 13.8. The molecule has 2 aliphatic rings. The zero-order chi connectivity index (χ0) is 32.0. The summed E-state index contributed by atoms with van der Waals surface area (Å²) in [5, 5.41) is 11.7. The van der Waals surface area contributed by atoms with Crippen molar-refractivity contribution >= 4 is 41.3 Å². The number of carbonyl (C=O) groups is 3. The van der Waals surface area contributed by atoms with Gasteiger partial charge in [0.25, 0.3) is 5.91 Å². The molecule has 1 fully saturated rings. The number of nitrogens with one attached hydrogen (secondary N) is 1. The number of fused-ring (bicyclic) bond motifs is 1. The van der Waals surface area contributed by atoms with Crippen LogP contribution in [0.25, 0.3) is 11.1 Å². The molecule has 0 unspecified atom stereocenters. The number of carbonyl (C=O) groups excluding carboxylic acids is 3. The van der Waals surface area contributed by atoms with E-state index >= 15 is 0 Å². The minimum absolute atomic E-state index is 0.0170. The van der Waals surface area contributed by atoms with E-state index in [2.05, 4.69) is 11.4 Å². The molecule has 6 rings (SSSR count). The van der Waals surface area contributed by atoms with Crippen molar-refractivity contribution in [2.75, 3.05) is 12.9 Å². The third-order valence-corrected chi connectivity index (χ3v) is 10.2. The second kappa shape index (κ2) is 14.0. The Hall–Kier alpha value is -4.98. The lowest BCUT2D eigenvalue weighted by atomic mass is 10.0. The van der Waals surface area contributed by atoms with Gasteiger partial charge in [0.15, 0.2) is 0 Å². The fraction of sp³-hybridized carbons (Fsp3) is 0.167. The summed E-state index contributed by atoms with van der Waals surface area (Å²) in [6.45, 7) is 0.0170. The van der Waals surface area contributed by atoms with Crippen molar-refractivity contribution in [2.24, 2.45) is 0 Å². The van der Waals surface area contributed by atoms with Gasteiger partial charge in [-0.15, -0.1) is 11.8 Å². The van der Waals surface area contributed by atoms with Gasteiger partial charge in [-0.1, -0.05) is 84.6 Å². The third kappa shape index (κ3) is 6.66. The Labute approximate surface area is 275 Å². The van der Waals surface area contributed by atoms with E-state index in [9.17, 15) is 19.6 Å². The first-order valence-electron chi connectivity index (χ1n) is 14.5. The molecule has 0 radical (unpaired) electrons. The van der Waals surface area contributed by atoms with Gasteiger partial charge >= 0.3 is 5.97 Å². The lowest BCUT2D eigenvalue weighted by Gasteiger charge is -2.49. The molecule has 4 aromatic carbocycles. The van der Waals surface area contributed by atoms with Crippen molar-refractivity contribution in [1.82, 2.24) is 10.2 Å². The normalized spacial score (nSPS) is 17.0. The average molecular weight is 648 g/mol. The van der Waals surface area contributed by atoms with Crippen molar-refractivity contribution < 1.29 is 23.9 Å². The monoisotopic (exact) mass is 647 g/mol. The summed E-state index contributed by atoms with van der Waals surface area (Å²) < 4.78 is 11.0. The smallest absolute Gasteiger partial charge is 0.356 e. The third-order valence-electron chi connectivity index (χ3n) is 7.62. The molecular weight excluding hydrogens is 619 g/mol. The van der Waals surface area contributed by atoms with Crippen molar-refractivity contribution in [1.29, 1.82) is 5.26 Å². The van der Waals surface area contributed by atoms with Crippen molar-refractivity contribution in [3.05, 3.63) is 130 Å². The van der Waals surface area contributed by atoms with E-state index in [-0.39, 0.29) is 30.5 Å². The molecule has 0 spiro atoms. The molecule has 2 atom stereocenters. The number of nitrogens with zero attached hydrogens (tertiary/aromatic N) is 2. The van der Waals surface area contributed by atoms with Gasteiger partial charge in [0.2, 0.25) is 5.91 Å². The Morgan fingerprint density at radius 2 is 1.67 bits per heavy atom. The number of hydrogen-bond acceptors (Lipinski definition) is 8. The highest BCUT2D eigenvalue weighted by Crippen LogP contribution is 2.47. The molecule has 1 saturated heterocycles. The standard InChI is InChI=1S/C36H29N3O5S2/c1-43-27-17-13-25(14-18-27)21-44-36(42)33-30(46-29-10-6-5-9-28(29)26-15-11-24(20-37)12-16-26)22-45-35-32(34(41)39(33)35)38-31(40)19-23-7-3-2-4-8-23/h2-18,32,35H,19,21-22H2,1H3,(H,38,40)/t32-,35-/m1/s1. The molecule has 0 aromatic heterocycles. The molecule has 0 bridgehead atoms. The number of nitriles is 1. The van der Waals surface area contributed by atoms with Gasteiger partial charge in [0.1, 0.15) is 29.5 Å². The molecule has 230 valence electrons. The zero-order valence-corrected chi connectivity index (χ0v) is 26.5. The number of ether oxygens (including phenoxy) is 2. The highest BCUT2D eigenvalue weighted by atomic mass is 32.2. The number of amides is 2. The van der Waals surface area contributed by atoms with Gasteiger partial charge < -0.3 is 14.8 Å². The minimum Gasteiger partial charge on any atom is -0.497 e. The highest BCUT2D eigenvalue weighted by molar-refractivity contribution is 8.06. The number of methoxy groups -OCH3 is 1. The summed E-state index contributed by atoms with van der Waals surface area (Å²) in [5.41, 5.74) is 4.24. The van der Waals surface area contributed by atoms with E-state index in [0.717, 1.165) is 27.1 Å². The molecule has 2 heterocycles. The van der Waals surface area contributed by atoms with Gasteiger partial charge in [-0.3, -0.25) is 14.5 Å². The predicted octanol–water partition coefficient (Wildman–Crippen LogP) is 5.92. The van der Waals surface area contributed by atoms with Gasteiger partial charge in [-0.25, -0.2) is 4.79 Å². The van der Waals surface area contributed by atoms with E-state index in [0.29, 0.717) is 22.0 Å². The zero-order valence-electron chi connectivity index (χ0n) is 24.8. The molecule has 1 N–H and O–H groups in total. The van der Waals surface area contributed by atoms with E-state index in [1.807, 2.05) is 78.9 Å². The van der Waals surface area contributed by atoms with E-state index in [1.54, 1.807) is 31.4 Å². The second-order valence-corrected chi connectivity index (χ2v) is 12.8. The predicted molar refractivity (Wildman–Crippen MR) is 177 cm³/mol. The summed E-state index contributed by atoms with van der Waals surface area (Å²) >= 11 is 2.91. The molecule has 2 aliphatic heterocycles. The number of benzene rings is 4. The summed E-state index contributed by atoms with van der Waals surface area (Å²) in [7, 11) is 1.58. The number of β-lactam (4-membered cyclic amide) rings is 1. The van der Waals surface area contributed by atoms with Crippen molar-refractivity contribution in [2.45, 2.75) is 29.3 Å². The van der Waals surface area contributed by atoms with Crippen LogP contribution in [0.2, 0.25) is 0 Å². The Morgan fingerprint density at radius 1 is 0.957 bits per heavy atom. The van der Waals surface area contributed by atoms with Crippen LogP contribution in [0.15, 0.2) is 119 Å². The Bertz CT molecular complexity index is 1840. The number of rotatable bonds is 10. The maximum Gasteiger partial charge on any atom is 0.356 e. The van der Waals surface area contributed by atoms with Crippen LogP contribution in [0.4, 0.5) is 0 Å². The summed E-state index contributed by atoms with van der Waals surface area (Å²) in [4.78, 5) is 43.3. The van der Waals surface area contributed by atoms with Crippen LogP contribution in [0.5, 0.6) is 5.75 Å². The largest absolute Gasteiger partial charge is 0.497 e. The fourth-order valence-electron chi connectivity index (χ4n) is 5.26. The summed E-state index contributed by atoms with van der Waals surface area (Å²) in [6, 6.07) is 33.1. The van der Waals surface area contributed by atoms with Gasteiger partial charge in [0.05, 0.1) is 25.2 Å². The average Bonchev–Trinajstić information content (AvgIpc) is 3.10. The van der Waals surface area contributed by atoms with E-state index in [4.69, 9.17) is 9.47 Å². The molecule has 4 aromatic rings. The number of hydrogen-bond donors (Lipinski definition) is 1. The van der Waals surface area contributed by atoms with Crippen molar-refractivity contribution in [3.8, 4) is 22.9 Å². The van der Waals surface area contributed by atoms with Crippen LogP contribution in [-0.2, 0) is 32.1 Å². The number of thioether (sulfide) groups is 2. The van der Waals surface area contributed by atoms with Crippen LogP contribution in [0, 0.1) is 11.3 Å². The maximum absolute atomic E-state index is 13.8. The lowest BCUT2D eigenvalue weighted by Crippen LogP contribution is -2.70. The van der Waals surface area contributed by atoms with E-state index < -0.39 is 17.4 Å². The van der Waals surface area contributed by atoms with Gasteiger partial charge in [-0.2, -0.15) is 5.26 Å². The van der Waals surface area contributed by atoms with Crippen LogP contribution in [0.1, 0.15) is 16.7 Å². The van der Waals surface area contributed by atoms with Gasteiger partial charge in [0, 0.05) is 15.6 Å².